The lowest BCUT2D eigenvalue weighted by Crippen LogP contribution is -2.52. The Morgan fingerprint density at radius 2 is 1.81 bits per heavy atom. The Kier molecular flexibility index (Phi) is 4.29. The molecule has 2 atom stereocenters. The smallest absolute Gasteiger partial charge is 0.167 e. The van der Waals surface area contributed by atoms with Gasteiger partial charge in [-0.15, -0.1) is 0 Å². The molecular formula is C23H25N3O. The van der Waals surface area contributed by atoms with Crippen LogP contribution in [0.5, 0.6) is 0 Å². The zero-order chi connectivity index (χ0) is 18.2. The Morgan fingerprint density at radius 3 is 2.59 bits per heavy atom. The predicted octanol–water partition coefficient (Wildman–Crippen LogP) is 4.35. The first kappa shape index (κ1) is 16.7. The van der Waals surface area contributed by atoms with Gasteiger partial charge in [0.2, 0.25) is 0 Å². The van der Waals surface area contributed by atoms with Crippen LogP contribution in [-0.2, 0) is 6.54 Å². The fraction of sp³-hybridized carbons (Fsp3) is 0.391. The summed E-state index contributed by atoms with van der Waals surface area (Å²) in [6.07, 6.45) is 11.3. The van der Waals surface area contributed by atoms with Crippen LogP contribution < -0.4 is 0 Å². The zero-order valence-corrected chi connectivity index (χ0v) is 15.5. The van der Waals surface area contributed by atoms with E-state index in [-0.39, 0.29) is 5.92 Å². The van der Waals surface area contributed by atoms with Crippen molar-refractivity contribution in [2.24, 2.45) is 5.92 Å². The maximum Gasteiger partial charge on any atom is 0.167 e. The molecule has 2 aromatic heterocycles. The molecular weight excluding hydrogens is 334 g/mol. The van der Waals surface area contributed by atoms with Crippen molar-refractivity contribution in [2.75, 3.05) is 0 Å². The molecule has 138 valence electrons. The molecule has 0 amide bonds. The summed E-state index contributed by atoms with van der Waals surface area (Å²) < 4.78 is 1.94. The van der Waals surface area contributed by atoms with Crippen LogP contribution in [0, 0.1) is 5.92 Å². The number of carbonyl (C=O) groups excluding carboxylic acids is 1. The lowest BCUT2D eigenvalue weighted by Gasteiger charge is -2.48. The van der Waals surface area contributed by atoms with Gasteiger partial charge in [0.25, 0.3) is 0 Å². The second-order valence-electron chi connectivity index (χ2n) is 8.04. The number of hydrogen-bond donors (Lipinski definition) is 0. The van der Waals surface area contributed by atoms with Crippen LogP contribution >= 0.6 is 0 Å². The molecule has 2 saturated heterocycles. The summed E-state index contributed by atoms with van der Waals surface area (Å²) in [5.74, 6) is 0.454. The van der Waals surface area contributed by atoms with Crippen molar-refractivity contribution >= 4 is 11.4 Å². The molecule has 0 aliphatic carbocycles. The van der Waals surface area contributed by atoms with Crippen LogP contribution in [0.25, 0.3) is 5.65 Å². The zero-order valence-electron chi connectivity index (χ0n) is 15.5. The van der Waals surface area contributed by atoms with E-state index >= 15 is 0 Å². The summed E-state index contributed by atoms with van der Waals surface area (Å²) in [7, 11) is 0. The van der Waals surface area contributed by atoms with Crippen molar-refractivity contribution < 1.29 is 4.79 Å². The molecule has 4 heterocycles. The third-order valence-electron chi connectivity index (χ3n) is 6.38. The molecule has 4 nitrogen and oxygen atoms in total. The number of ketones is 1. The standard InChI is InChI=1S/C23H25N3O/c27-23(18-9-10-22-24-11-12-25(22)16-18)19-13-20-7-4-8-21(14-19)26(20)15-17-5-2-1-3-6-17/h1-3,5-6,9-12,16,19-21H,4,7-8,13-15H2. The highest BCUT2D eigenvalue weighted by molar-refractivity contribution is 5.98. The Balaban J connectivity index is 1.35. The van der Waals surface area contributed by atoms with Crippen molar-refractivity contribution in [3.63, 3.8) is 0 Å². The van der Waals surface area contributed by atoms with Crippen molar-refractivity contribution in [1.29, 1.82) is 0 Å². The predicted molar refractivity (Wildman–Crippen MR) is 106 cm³/mol. The molecule has 0 N–H and O–H groups in total. The van der Waals surface area contributed by atoms with Gasteiger partial charge in [0.1, 0.15) is 5.65 Å². The molecule has 5 rings (SSSR count). The van der Waals surface area contributed by atoms with Crippen molar-refractivity contribution in [2.45, 2.75) is 50.7 Å². The Hall–Kier alpha value is -2.46. The Morgan fingerprint density at radius 1 is 1.04 bits per heavy atom. The van der Waals surface area contributed by atoms with Crippen molar-refractivity contribution in [1.82, 2.24) is 14.3 Å². The van der Waals surface area contributed by atoms with Gasteiger partial charge in [-0.2, -0.15) is 0 Å². The molecule has 2 aliphatic heterocycles. The van der Waals surface area contributed by atoms with E-state index in [0.717, 1.165) is 30.6 Å². The van der Waals surface area contributed by atoms with Crippen LogP contribution in [0.15, 0.2) is 61.1 Å². The second-order valence-corrected chi connectivity index (χ2v) is 8.04. The lowest BCUT2D eigenvalue weighted by molar-refractivity contribution is 0.00905. The molecule has 2 bridgehead atoms. The highest BCUT2D eigenvalue weighted by atomic mass is 16.1. The molecule has 0 spiro atoms. The van der Waals surface area contributed by atoms with Gasteiger partial charge < -0.3 is 4.40 Å². The number of hydrogen-bond acceptors (Lipinski definition) is 3. The summed E-state index contributed by atoms with van der Waals surface area (Å²) in [5.41, 5.74) is 3.09. The summed E-state index contributed by atoms with van der Waals surface area (Å²) in [5, 5.41) is 0. The first-order chi connectivity index (χ1) is 13.3. The molecule has 3 aromatic rings. The Labute approximate surface area is 159 Å². The van der Waals surface area contributed by atoms with Gasteiger partial charge in [-0.1, -0.05) is 36.8 Å². The first-order valence-corrected chi connectivity index (χ1v) is 10.0. The normalized spacial score (nSPS) is 25.6. The van der Waals surface area contributed by atoms with E-state index < -0.39 is 0 Å². The van der Waals surface area contributed by atoms with E-state index in [1.807, 2.05) is 28.9 Å². The highest BCUT2D eigenvalue weighted by Crippen LogP contribution is 2.39. The molecule has 27 heavy (non-hydrogen) atoms. The van der Waals surface area contributed by atoms with Crippen molar-refractivity contribution in [3.8, 4) is 0 Å². The van der Waals surface area contributed by atoms with Gasteiger partial charge in [-0.25, -0.2) is 4.98 Å². The van der Waals surface area contributed by atoms with Gasteiger partial charge in [-0.05, 0) is 43.4 Å². The van der Waals surface area contributed by atoms with Gasteiger partial charge >= 0.3 is 0 Å². The van der Waals surface area contributed by atoms with E-state index in [9.17, 15) is 4.79 Å². The van der Waals surface area contributed by atoms with E-state index in [0.29, 0.717) is 17.9 Å². The van der Waals surface area contributed by atoms with Crippen LogP contribution in [0.3, 0.4) is 0 Å². The summed E-state index contributed by atoms with van der Waals surface area (Å²) in [6.45, 7) is 1.01. The molecule has 1 aromatic carbocycles. The number of rotatable bonds is 4. The molecule has 0 radical (unpaired) electrons. The van der Waals surface area contributed by atoms with Crippen LogP contribution in [0.4, 0.5) is 0 Å². The van der Waals surface area contributed by atoms with E-state index in [4.69, 9.17) is 0 Å². The highest BCUT2D eigenvalue weighted by Gasteiger charge is 2.40. The van der Waals surface area contributed by atoms with Gasteiger partial charge in [0.05, 0.1) is 0 Å². The lowest BCUT2D eigenvalue weighted by atomic mass is 9.75. The summed E-state index contributed by atoms with van der Waals surface area (Å²) in [6, 6.07) is 15.7. The molecule has 2 aliphatic rings. The van der Waals surface area contributed by atoms with Gasteiger partial charge in [0.15, 0.2) is 5.78 Å². The number of Topliss-reactive ketones (excluding diaryl/α,β-unsaturated/α-hetero) is 1. The minimum Gasteiger partial charge on any atom is -0.306 e. The maximum absolute atomic E-state index is 13.2. The number of pyridine rings is 1. The minimum atomic E-state index is 0.147. The SMILES string of the molecule is O=C(c1ccc2nccn2c1)C1CC2CCCC(C1)N2Cc1ccccc1. The van der Waals surface area contributed by atoms with E-state index in [1.54, 1.807) is 6.20 Å². The number of benzene rings is 1. The first-order valence-electron chi connectivity index (χ1n) is 10.0. The number of imidazole rings is 1. The van der Waals surface area contributed by atoms with E-state index in [1.165, 1.54) is 24.8 Å². The Bertz CT molecular complexity index is 934. The van der Waals surface area contributed by atoms with E-state index in [2.05, 4.69) is 40.2 Å². The van der Waals surface area contributed by atoms with Gasteiger partial charge in [0, 0.05) is 48.7 Å². The molecule has 2 unspecified atom stereocenters. The summed E-state index contributed by atoms with van der Waals surface area (Å²) in [4.78, 5) is 20.2. The van der Waals surface area contributed by atoms with Crippen molar-refractivity contribution in [3.05, 3.63) is 72.2 Å². The monoisotopic (exact) mass is 359 g/mol. The maximum atomic E-state index is 13.2. The number of aromatic nitrogens is 2. The number of nitrogens with zero attached hydrogens (tertiary/aromatic N) is 3. The third kappa shape index (κ3) is 3.19. The number of piperidine rings is 2. The third-order valence-corrected chi connectivity index (χ3v) is 6.38. The molecule has 4 heteroatoms. The fourth-order valence-corrected chi connectivity index (χ4v) is 5.05. The molecule has 0 saturated carbocycles. The van der Waals surface area contributed by atoms with Crippen LogP contribution in [0.1, 0.15) is 48.0 Å². The fourth-order valence-electron chi connectivity index (χ4n) is 5.05. The average Bonchev–Trinajstić information content (AvgIpc) is 3.16. The quantitative estimate of drug-likeness (QED) is 0.650. The van der Waals surface area contributed by atoms with Gasteiger partial charge in [-0.3, -0.25) is 9.69 Å². The second kappa shape index (κ2) is 6.93. The average molecular weight is 359 g/mol. The summed E-state index contributed by atoms with van der Waals surface area (Å²) >= 11 is 0. The van der Waals surface area contributed by atoms with Crippen LogP contribution in [0.2, 0.25) is 0 Å². The largest absolute Gasteiger partial charge is 0.306 e. The minimum absolute atomic E-state index is 0.147. The number of carbonyl (C=O) groups is 1. The topological polar surface area (TPSA) is 37.6 Å². The number of fused-ring (bicyclic) bond motifs is 3. The van der Waals surface area contributed by atoms with Crippen LogP contribution in [-0.4, -0.2) is 32.2 Å². The molecule has 2 fully saturated rings.